The average Bonchev–Trinajstić information content (AvgIpc) is 2.98. The van der Waals surface area contributed by atoms with Crippen molar-refractivity contribution in [2.45, 2.75) is 0 Å². The van der Waals surface area contributed by atoms with E-state index in [4.69, 9.17) is 34.8 Å². The Hall–Kier alpha value is -2.84. The van der Waals surface area contributed by atoms with E-state index in [9.17, 15) is 14.4 Å². The minimum absolute atomic E-state index is 0.0928. The molecule has 1 aliphatic heterocycles. The number of hydrogen-bond acceptors (Lipinski definition) is 4. The number of imide groups is 1. The zero-order valence-corrected chi connectivity index (χ0v) is 20.4. The molecule has 3 aromatic rings. The van der Waals surface area contributed by atoms with E-state index < -0.39 is 11.8 Å². The number of nitrogens with zero attached hydrogens (tertiary/aromatic N) is 1. The molecule has 3 aromatic carbocycles. The second-order valence-electron chi connectivity index (χ2n) is 6.93. The summed E-state index contributed by atoms with van der Waals surface area (Å²) in [7, 11) is 0. The van der Waals surface area contributed by atoms with Gasteiger partial charge < -0.3 is 10.6 Å². The Balaban J connectivity index is 1.49. The molecule has 1 heterocycles. The maximum atomic E-state index is 12.9. The zero-order valence-electron chi connectivity index (χ0n) is 16.5. The highest BCUT2D eigenvalue weighted by atomic mass is 79.9. The number of hydrogen-bond donors (Lipinski definition) is 2. The van der Waals surface area contributed by atoms with Crippen molar-refractivity contribution in [3.05, 3.63) is 97.5 Å². The summed E-state index contributed by atoms with van der Waals surface area (Å²) in [5.74, 6) is -1.65. The fraction of sp³-hybridized carbons (Fsp3) is 0. The first-order chi connectivity index (χ1) is 15.7. The summed E-state index contributed by atoms with van der Waals surface area (Å²) in [5.41, 5.74) is 1.64. The van der Waals surface area contributed by atoms with Gasteiger partial charge in [0.1, 0.15) is 10.7 Å². The molecule has 3 amide bonds. The van der Waals surface area contributed by atoms with Gasteiger partial charge in [-0.05, 0) is 66.7 Å². The van der Waals surface area contributed by atoms with Crippen LogP contribution >= 0.6 is 50.7 Å². The number of halogens is 4. The van der Waals surface area contributed by atoms with Crippen LogP contribution in [-0.2, 0) is 9.59 Å². The van der Waals surface area contributed by atoms with Crippen LogP contribution in [0.4, 0.5) is 17.1 Å². The Morgan fingerprint density at radius 3 is 1.97 bits per heavy atom. The number of anilines is 3. The van der Waals surface area contributed by atoms with Crippen LogP contribution in [-0.4, -0.2) is 17.7 Å². The molecule has 0 fully saturated rings. The molecule has 4 rings (SSSR count). The van der Waals surface area contributed by atoms with Crippen LogP contribution in [0.3, 0.4) is 0 Å². The quantitative estimate of drug-likeness (QED) is 0.349. The summed E-state index contributed by atoms with van der Waals surface area (Å²) in [6.07, 6.45) is 0. The summed E-state index contributed by atoms with van der Waals surface area (Å²) >= 11 is 21.5. The van der Waals surface area contributed by atoms with Crippen molar-refractivity contribution in [2.24, 2.45) is 0 Å². The number of benzene rings is 3. The molecule has 0 radical (unpaired) electrons. The van der Waals surface area contributed by atoms with Gasteiger partial charge in [0.05, 0.1) is 5.69 Å². The van der Waals surface area contributed by atoms with Crippen molar-refractivity contribution in [2.75, 3.05) is 15.5 Å². The van der Waals surface area contributed by atoms with Crippen LogP contribution in [0.5, 0.6) is 0 Å². The van der Waals surface area contributed by atoms with Crippen LogP contribution in [0, 0.1) is 0 Å². The van der Waals surface area contributed by atoms with Gasteiger partial charge in [-0.1, -0.05) is 50.7 Å². The van der Waals surface area contributed by atoms with Crippen molar-refractivity contribution in [1.82, 2.24) is 0 Å². The van der Waals surface area contributed by atoms with Gasteiger partial charge in [-0.25, -0.2) is 4.90 Å². The van der Waals surface area contributed by atoms with Crippen LogP contribution in [0.2, 0.25) is 10.0 Å². The molecule has 0 aromatic heterocycles. The number of amides is 3. The molecular weight excluding hydrogens is 553 g/mol. The monoisotopic (exact) mass is 563 g/mol. The molecule has 2 N–H and O–H groups in total. The lowest BCUT2D eigenvalue weighted by Gasteiger charge is -2.16. The number of nitrogens with one attached hydrogen (secondary N) is 2. The molecule has 0 saturated heterocycles. The van der Waals surface area contributed by atoms with E-state index in [1.165, 1.54) is 18.2 Å². The first-order valence-electron chi connectivity index (χ1n) is 9.41. The van der Waals surface area contributed by atoms with Crippen molar-refractivity contribution < 1.29 is 14.4 Å². The Labute approximate surface area is 212 Å². The molecule has 0 atom stereocenters. The maximum absolute atomic E-state index is 12.9. The average molecular weight is 566 g/mol. The normalized spacial score (nSPS) is 13.5. The molecule has 0 saturated carbocycles. The lowest BCUT2D eigenvalue weighted by atomic mass is 10.2. The standard InChI is InChI=1S/C23H13BrCl3N3O3/c24-13-3-7-17(8-4-13)29-21(31)12-1-5-16(6-2-12)28-20-19(27)22(32)30(23(20)33)18-10-14(25)9-15(26)11-18/h1-11,28H,(H,29,31). The van der Waals surface area contributed by atoms with Gasteiger partial charge in [0.25, 0.3) is 17.7 Å². The molecule has 166 valence electrons. The third-order valence-electron chi connectivity index (χ3n) is 4.65. The van der Waals surface area contributed by atoms with E-state index in [2.05, 4.69) is 26.6 Å². The third kappa shape index (κ3) is 5.07. The summed E-state index contributed by atoms with van der Waals surface area (Å²) in [5, 5.41) is 5.92. The Bertz CT molecular complexity index is 1290. The van der Waals surface area contributed by atoms with Crippen LogP contribution in [0.15, 0.2) is 81.9 Å². The van der Waals surface area contributed by atoms with Gasteiger partial charge >= 0.3 is 0 Å². The Kier molecular flexibility index (Phi) is 6.76. The smallest absolute Gasteiger partial charge is 0.283 e. The maximum Gasteiger partial charge on any atom is 0.283 e. The fourth-order valence-corrected chi connectivity index (χ4v) is 4.09. The first-order valence-corrected chi connectivity index (χ1v) is 11.3. The summed E-state index contributed by atoms with van der Waals surface area (Å²) in [6.45, 7) is 0. The largest absolute Gasteiger partial charge is 0.350 e. The Morgan fingerprint density at radius 1 is 0.788 bits per heavy atom. The molecule has 10 heteroatoms. The SMILES string of the molecule is O=C(Nc1ccc(Br)cc1)c1ccc(NC2=C(Cl)C(=O)N(c3cc(Cl)cc(Cl)c3)C2=O)cc1. The topological polar surface area (TPSA) is 78.5 Å². The second-order valence-corrected chi connectivity index (χ2v) is 9.09. The first kappa shape index (κ1) is 23.3. The fourth-order valence-electron chi connectivity index (χ4n) is 3.10. The number of carbonyl (C=O) groups is 3. The van der Waals surface area contributed by atoms with E-state index in [1.54, 1.807) is 36.4 Å². The summed E-state index contributed by atoms with van der Waals surface area (Å²) < 4.78 is 0.904. The highest BCUT2D eigenvalue weighted by molar-refractivity contribution is 9.10. The molecule has 0 aliphatic carbocycles. The van der Waals surface area contributed by atoms with Gasteiger partial charge in [0.15, 0.2) is 0 Å². The number of rotatable bonds is 5. The highest BCUT2D eigenvalue weighted by Crippen LogP contribution is 2.33. The second kappa shape index (κ2) is 9.57. The summed E-state index contributed by atoms with van der Waals surface area (Å²) in [6, 6.07) is 17.9. The lowest BCUT2D eigenvalue weighted by molar-refractivity contribution is -0.120. The Morgan fingerprint density at radius 2 is 1.36 bits per heavy atom. The zero-order chi connectivity index (χ0) is 23.7. The van der Waals surface area contributed by atoms with E-state index in [-0.39, 0.29) is 32.4 Å². The van der Waals surface area contributed by atoms with Crippen molar-refractivity contribution in [3.8, 4) is 0 Å². The van der Waals surface area contributed by atoms with E-state index in [0.29, 0.717) is 16.9 Å². The predicted octanol–water partition coefficient (Wildman–Crippen LogP) is 6.44. The lowest BCUT2D eigenvalue weighted by Crippen LogP contribution is -2.32. The van der Waals surface area contributed by atoms with Crippen molar-refractivity contribution in [1.29, 1.82) is 0 Å². The van der Waals surface area contributed by atoms with Crippen LogP contribution in [0.25, 0.3) is 0 Å². The van der Waals surface area contributed by atoms with Crippen molar-refractivity contribution in [3.63, 3.8) is 0 Å². The van der Waals surface area contributed by atoms with Crippen molar-refractivity contribution >= 4 is 85.5 Å². The van der Waals surface area contributed by atoms with Gasteiger partial charge in [-0.3, -0.25) is 14.4 Å². The minimum Gasteiger partial charge on any atom is -0.350 e. The molecule has 1 aliphatic rings. The third-order valence-corrected chi connectivity index (χ3v) is 5.97. The van der Waals surface area contributed by atoms with E-state index in [1.807, 2.05) is 12.1 Å². The molecule has 0 unspecified atom stereocenters. The molecular formula is C23H13BrCl3N3O3. The molecule has 0 bridgehead atoms. The molecule has 33 heavy (non-hydrogen) atoms. The van der Waals surface area contributed by atoms with Crippen LogP contribution in [0.1, 0.15) is 10.4 Å². The molecule has 0 spiro atoms. The van der Waals surface area contributed by atoms with E-state index >= 15 is 0 Å². The van der Waals surface area contributed by atoms with Gasteiger partial charge in [-0.2, -0.15) is 0 Å². The van der Waals surface area contributed by atoms with Gasteiger partial charge in [0, 0.05) is 31.5 Å². The molecule has 6 nitrogen and oxygen atoms in total. The van der Waals surface area contributed by atoms with Gasteiger partial charge in [-0.15, -0.1) is 0 Å². The predicted molar refractivity (Wildman–Crippen MR) is 134 cm³/mol. The van der Waals surface area contributed by atoms with E-state index in [0.717, 1.165) is 9.37 Å². The number of carbonyl (C=O) groups excluding carboxylic acids is 3. The highest BCUT2D eigenvalue weighted by Gasteiger charge is 2.39. The summed E-state index contributed by atoms with van der Waals surface area (Å²) in [4.78, 5) is 38.9. The van der Waals surface area contributed by atoms with Crippen LogP contribution < -0.4 is 15.5 Å². The van der Waals surface area contributed by atoms with Gasteiger partial charge in [0.2, 0.25) is 0 Å². The minimum atomic E-state index is -0.701.